The number of carbonyl (C=O) groups excluding carboxylic acids is 1. The number of hydrogen-bond acceptors (Lipinski definition) is 10. The zero-order valence-electron chi connectivity index (χ0n) is 23.9. The number of nitrogens with one attached hydrogen (secondary N) is 4. The van der Waals surface area contributed by atoms with Crippen LogP contribution in [0.3, 0.4) is 0 Å². The summed E-state index contributed by atoms with van der Waals surface area (Å²) in [7, 11) is 1.86. The van der Waals surface area contributed by atoms with Gasteiger partial charge in [-0.1, -0.05) is 12.1 Å². The molecule has 4 heterocycles. The number of carboxylic acids is 1. The largest absolute Gasteiger partial charge is 0.481 e. The van der Waals surface area contributed by atoms with E-state index in [1.165, 1.54) is 12.8 Å². The maximum atomic E-state index is 12.9. The highest BCUT2D eigenvalue weighted by molar-refractivity contribution is 5.94. The van der Waals surface area contributed by atoms with E-state index >= 15 is 0 Å². The molecule has 0 spiro atoms. The van der Waals surface area contributed by atoms with E-state index in [1.807, 2.05) is 26.1 Å². The van der Waals surface area contributed by atoms with Gasteiger partial charge in [-0.25, -0.2) is 10.4 Å². The zero-order valence-corrected chi connectivity index (χ0v) is 23.9. The van der Waals surface area contributed by atoms with Crippen molar-refractivity contribution in [1.82, 2.24) is 30.6 Å². The number of aryl methyl sites for hydroxylation is 1. The Bertz CT molecular complexity index is 1440. The number of anilines is 4. The number of carboxylic acid groups (broad SMARTS) is 1. The Labute approximate surface area is 239 Å². The van der Waals surface area contributed by atoms with Crippen molar-refractivity contribution in [2.75, 3.05) is 42.3 Å². The van der Waals surface area contributed by atoms with E-state index < -0.39 is 5.97 Å². The molecule has 1 atom stereocenters. The monoisotopic (exact) mass is 559 g/mol. The first kappa shape index (κ1) is 28.2. The highest BCUT2D eigenvalue weighted by Crippen LogP contribution is 2.32. The average molecular weight is 560 g/mol. The number of amides is 1. The molecule has 1 amide bonds. The molecule has 216 valence electrons. The number of hydrazine groups is 1. The zero-order chi connectivity index (χ0) is 29.1. The predicted octanol–water partition coefficient (Wildman–Crippen LogP) is 3.22. The lowest BCUT2D eigenvalue weighted by atomic mass is 10.0. The second-order valence-corrected chi connectivity index (χ2v) is 11.1. The van der Waals surface area contributed by atoms with Crippen LogP contribution in [0.4, 0.5) is 23.1 Å². The fourth-order valence-corrected chi connectivity index (χ4v) is 5.35. The number of rotatable bonds is 10. The van der Waals surface area contributed by atoms with E-state index in [0.717, 1.165) is 30.0 Å². The molecule has 2 aliphatic rings. The second-order valence-electron chi connectivity index (χ2n) is 11.1. The van der Waals surface area contributed by atoms with Gasteiger partial charge in [0, 0.05) is 43.8 Å². The summed E-state index contributed by atoms with van der Waals surface area (Å²) in [6.07, 6.45) is 5.31. The number of benzene rings is 1. The van der Waals surface area contributed by atoms with Crippen molar-refractivity contribution >= 4 is 35.0 Å². The van der Waals surface area contributed by atoms with E-state index in [2.05, 4.69) is 55.1 Å². The quantitative estimate of drug-likeness (QED) is 0.249. The van der Waals surface area contributed by atoms with Crippen LogP contribution in [0.25, 0.3) is 0 Å². The van der Waals surface area contributed by atoms with Crippen LogP contribution in [0, 0.1) is 6.92 Å². The topological polar surface area (TPSA) is 148 Å². The number of likely N-dealkylation sites (tertiary alicyclic amines) is 1. The van der Waals surface area contributed by atoms with Crippen LogP contribution in [0.2, 0.25) is 0 Å². The van der Waals surface area contributed by atoms with Gasteiger partial charge in [-0.15, -0.1) is 0 Å². The van der Waals surface area contributed by atoms with Crippen LogP contribution in [-0.2, 0) is 11.2 Å². The average Bonchev–Trinajstić information content (AvgIpc) is 3.42. The van der Waals surface area contributed by atoms with Gasteiger partial charge in [0.15, 0.2) is 5.82 Å². The van der Waals surface area contributed by atoms with Gasteiger partial charge in [0.05, 0.1) is 28.9 Å². The number of nitrogens with zero attached hydrogens (tertiary/aromatic N) is 5. The summed E-state index contributed by atoms with van der Waals surface area (Å²) >= 11 is 0. The van der Waals surface area contributed by atoms with Gasteiger partial charge in [0.25, 0.3) is 5.91 Å². The SMILES string of the molecule is Cc1ncc(C(=O)NCCN2CCCC2(C)C)cc1NC1NN(C)c2nc(Nc3cccc(CC(=O)O)c3)ncc21. The highest BCUT2D eigenvalue weighted by atomic mass is 16.4. The Balaban J connectivity index is 1.24. The molecule has 5 rings (SSSR count). The first-order chi connectivity index (χ1) is 19.6. The first-order valence-corrected chi connectivity index (χ1v) is 13.8. The van der Waals surface area contributed by atoms with Crippen molar-refractivity contribution < 1.29 is 14.7 Å². The molecular formula is C29H37N9O3. The smallest absolute Gasteiger partial charge is 0.307 e. The molecule has 1 aromatic carbocycles. The number of hydrogen-bond donors (Lipinski definition) is 5. The minimum Gasteiger partial charge on any atom is -0.481 e. The summed E-state index contributed by atoms with van der Waals surface area (Å²) in [4.78, 5) is 40.0. The van der Waals surface area contributed by atoms with E-state index in [4.69, 9.17) is 5.11 Å². The maximum Gasteiger partial charge on any atom is 0.307 e. The molecule has 0 radical (unpaired) electrons. The summed E-state index contributed by atoms with van der Waals surface area (Å²) in [6.45, 7) is 8.86. The summed E-state index contributed by atoms with van der Waals surface area (Å²) in [5, 5.41) is 20.5. The van der Waals surface area contributed by atoms with Gasteiger partial charge in [-0.2, -0.15) is 4.98 Å². The Morgan fingerprint density at radius 2 is 2.02 bits per heavy atom. The molecule has 0 aliphatic carbocycles. The van der Waals surface area contributed by atoms with Gasteiger partial charge < -0.3 is 21.1 Å². The van der Waals surface area contributed by atoms with Gasteiger partial charge in [0.1, 0.15) is 6.17 Å². The minimum atomic E-state index is -0.889. The Kier molecular flexibility index (Phi) is 8.04. The second kappa shape index (κ2) is 11.7. The molecule has 3 aromatic rings. The summed E-state index contributed by atoms with van der Waals surface area (Å²) in [5.41, 5.74) is 7.71. The molecule has 1 fully saturated rings. The number of aliphatic carboxylic acids is 1. The maximum absolute atomic E-state index is 12.9. The van der Waals surface area contributed by atoms with Crippen molar-refractivity contribution in [2.45, 2.75) is 51.7 Å². The molecule has 1 saturated heterocycles. The molecule has 41 heavy (non-hydrogen) atoms. The fraction of sp³-hybridized carbons (Fsp3) is 0.414. The summed E-state index contributed by atoms with van der Waals surface area (Å²) in [6, 6.07) is 8.98. The van der Waals surface area contributed by atoms with Crippen molar-refractivity contribution in [3.8, 4) is 0 Å². The van der Waals surface area contributed by atoms with Gasteiger partial charge in [-0.05, 0) is 63.9 Å². The fourth-order valence-electron chi connectivity index (χ4n) is 5.35. The molecule has 0 saturated carbocycles. The van der Waals surface area contributed by atoms with Crippen LogP contribution < -0.4 is 26.4 Å². The van der Waals surface area contributed by atoms with E-state index in [1.54, 1.807) is 35.6 Å². The molecule has 5 N–H and O–H groups in total. The summed E-state index contributed by atoms with van der Waals surface area (Å²) in [5.74, 6) is 0.0340. The van der Waals surface area contributed by atoms with E-state index in [-0.39, 0.29) is 24.0 Å². The lowest BCUT2D eigenvalue weighted by molar-refractivity contribution is -0.136. The molecular weight excluding hydrogens is 522 g/mol. The molecule has 12 heteroatoms. The van der Waals surface area contributed by atoms with Gasteiger partial charge >= 0.3 is 5.97 Å². The first-order valence-electron chi connectivity index (χ1n) is 13.8. The minimum absolute atomic E-state index is 0.0609. The van der Waals surface area contributed by atoms with Gasteiger partial charge in [0.2, 0.25) is 5.95 Å². The van der Waals surface area contributed by atoms with Gasteiger partial charge in [-0.3, -0.25) is 24.5 Å². The molecule has 1 unspecified atom stereocenters. The third kappa shape index (κ3) is 6.55. The number of pyridine rings is 1. The lowest BCUT2D eigenvalue weighted by Gasteiger charge is -2.31. The predicted molar refractivity (Wildman–Crippen MR) is 157 cm³/mol. The standard InChI is InChI=1S/C29H37N9O3/c1-18-23(15-20(16-31-18)27(41)30-10-12-38-11-6-9-29(38,2)3)34-25-22-17-32-28(35-26(22)37(4)36-25)33-21-8-5-7-19(13-21)14-24(39)40/h5,7-8,13,15-17,25,34,36H,6,9-12,14H2,1-4H3,(H,30,41)(H,39,40)(H,32,33,35). The van der Waals surface area contributed by atoms with Crippen LogP contribution in [0.15, 0.2) is 42.7 Å². The molecule has 2 aliphatic heterocycles. The summed E-state index contributed by atoms with van der Waals surface area (Å²) < 4.78 is 0. The third-order valence-electron chi connectivity index (χ3n) is 7.67. The van der Waals surface area contributed by atoms with Crippen LogP contribution in [-0.4, -0.2) is 69.1 Å². The van der Waals surface area contributed by atoms with Crippen molar-refractivity contribution in [2.24, 2.45) is 0 Å². The third-order valence-corrected chi connectivity index (χ3v) is 7.67. The molecule has 2 aromatic heterocycles. The Morgan fingerprint density at radius 3 is 2.78 bits per heavy atom. The number of carbonyl (C=O) groups is 2. The van der Waals surface area contributed by atoms with Crippen LogP contribution >= 0.6 is 0 Å². The molecule has 12 nitrogen and oxygen atoms in total. The van der Waals surface area contributed by atoms with E-state index in [9.17, 15) is 9.59 Å². The lowest BCUT2D eigenvalue weighted by Crippen LogP contribution is -2.43. The van der Waals surface area contributed by atoms with Crippen LogP contribution in [0.1, 0.15) is 60.0 Å². The van der Waals surface area contributed by atoms with Crippen molar-refractivity contribution in [3.05, 3.63) is 65.1 Å². The number of fused-ring (bicyclic) bond motifs is 1. The van der Waals surface area contributed by atoms with Crippen molar-refractivity contribution in [1.29, 1.82) is 0 Å². The Hall–Kier alpha value is -4.29. The highest BCUT2D eigenvalue weighted by Gasteiger charge is 2.31. The van der Waals surface area contributed by atoms with Crippen LogP contribution in [0.5, 0.6) is 0 Å². The molecule has 0 bridgehead atoms. The Morgan fingerprint density at radius 1 is 1.20 bits per heavy atom. The van der Waals surface area contributed by atoms with Crippen molar-refractivity contribution in [3.63, 3.8) is 0 Å². The number of aromatic nitrogens is 3. The normalized spacial score (nSPS) is 17.8. The van der Waals surface area contributed by atoms with E-state index in [0.29, 0.717) is 35.1 Å².